The quantitative estimate of drug-likeness (QED) is 0.919. The topological polar surface area (TPSA) is 29.9 Å². The van der Waals surface area contributed by atoms with Crippen LogP contribution in [0, 0.1) is 0 Å². The molecule has 0 radical (unpaired) electrons. The van der Waals surface area contributed by atoms with E-state index in [0.29, 0.717) is 0 Å². The zero-order chi connectivity index (χ0) is 12.1. The Balaban J connectivity index is 2.10. The van der Waals surface area contributed by atoms with E-state index in [0.717, 1.165) is 24.1 Å². The molecule has 1 aromatic carbocycles. The summed E-state index contributed by atoms with van der Waals surface area (Å²) in [6.07, 6.45) is 3.80. The van der Waals surface area contributed by atoms with Crippen molar-refractivity contribution in [3.05, 3.63) is 52.5 Å². The standard InChI is InChI=1S/C13H16BrN3/c1-2-15-7-13-8-16-10-17(13)9-11-4-3-5-12(14)6-11/h3-6,8,10,15H,2,7,9H2,1H3. The largest absolute Gasteiger partial charge is 0.329 e. The Kier molecular flexibility index (Phi) is 4.34. The number of aromatic nitrogens is 2. The van der Waals surface area contributed by atoms with Crippen LogP contribution in [0.15, 0.2) is 41.3 Å². The van der Waals surface area contributed by atoms with Crippen LogP contribution in [0.5, 0.6) is 0 Å². The van der Waals surface area contributed by atoms with Gasteiger partial charge in [-0.2, -0.15) is 0 Å². The summed E-state index contributed by atoms with van der Waals surface area (Å²) < 4.78 is 3.29. The van der Waals surface area contributed by atoms with Gasteiger partial charge in [0.2, 0.25) is 0 Å². The first-order valence-electron chi connectivity index (χ1n) is 5.73. The monoisotopic (exact) mass is 293 g/mol. The first-order valence-corrected chi connectivity index (χ1v) is 6.53. The number of benzene rings is 1. The van der Waals surface area contributed by atoms with Crippen molar-refractivity contribution in [3.63, 3.8) is 0 Å². The normalized spacial score (nSPS) is 10.7. The van der Waals surface area contributed by atoms with Crippen LogP contribution >= 0.6 is 15.9 Å². The molecule has 0 unspecified atom stereocenters. The van der Waals surface area contributed by atoms with Gasteiger partial charge in [-0.05, 0) is 24.2 Å². The summed E-state index contributed by atoms with van der Waals surface area (Å²) in [6.45, 7) is 4.81. The lowest BCUT2D eigenvalue weighted by molar-refractivity contribution is 0.657. The van der Waals surface area contributed by atoms with E-state index in [9.17, 15) is 0 Å². The Morgan fingerprint density at radius 2 is 2.29 bits per heavy atom. The van der Waals surface area contributed by atoms with Gasteiger partial charge in [0.05, 0.1) is 12.0 Å². The molecule has 2 rings (SSSR count). The lowest BCUT2D eigenvalue weighted by Gasteiger charge is -2.08. The van der Waals surface area contributed by atoms with E-state index in [4.69, 9.17) is 0 Å². The van der Waals surface area contributed by atoms with E-state index in [2.05, 4.69) is 55.9 Å². The lowest BCUT2D eigenvalue weighted by Crippen LogP contribution is -2.15. The molecule has 0 aliphatic carbocycles. The van der Waals surface area contributed by atoms with Crippen molar-refractivity contribution in [1.82, 2.24) is 14.9 Å². The Morgan fingerprint density at radius 1 is 1.41 bits per heavy atom. The van der Waals surface area contributed by atoms with Gasteiger partial charge in [0, 0.05) is 23.8 Å². The zero-order valence-electron chi connectivity index (χ0n) is 9.86. The van der Waals surface area contributed by atoms with Crippen molar-refractivity contribution >= 4 is 15.9 Å². The minimum Gasteiger partial charge on any atom is -0.329 e. The zero-order valence-corrected chi connectivity index (χ0v) is 11.4. The minimum atomic E-state index is 0.861. The number of imidazole rings is 1. The molecule has 3 nitrogen and oxygen atoms in total. The maximum atomic E-state index is 4.20. The Hall–Kier alpha value is -1.13. The van der Waals surface area contributed by atoms with Gasteiger partial charge < -0.3 is 9.88 Å². The van der Waals surface area contributed by atoms with E-state index in [1.807, 2.05) is 18.6 Å². The molecule has 0 saturated heterocycles. The summed E-state index contributed by atoms with van der Waals surface area (Å²) in [4.78, 5) is 4.20. The van der Waals surface area contributed by atoms with Crippen LogP contribution in [0.4, 0.5) is 0 Å². The van der Waals surface area contributed by atoms with Crippen molar-refractivity contribution in [2.24, 2.45) is 0 Å². The highest BCUT2D eigenvalue weighted by Crippen LogP contribution is 2.13. The second-order valence-electron chi connectivity index (χ2n) is 3.92. The average molecular weight is 294 g/mol. The number of nitrogens with zero attached hydrogens (tertiary/aromatic N) is 2. The van der Waals surface area contributed by atoms with Gasteiger partial charge in [0.1, 0.15) is 0 Å². The summed E-state index contributed by atoms with van der Waals surface area (Å²) in [5.41, 5.74) is 2.49. The molecule has 1 N–H and O–H groups in total. The third-order valence-corrected chi connectivity index (χ3v) is 3.09. The molecule has 1 heterocycles. The number of hydrogen-bond donors (Lipinski definition) is 1. The lowest BCUT2D eigenvalue weighted by atomic mass is 10.2. The predicted molar refractivity (Wildman–Crippen MR) is 72.9 cm³/mol. The SMILES string of the molecule is CCNCc1cncn1Cc1cccc(Br)c1. The van der Waals surface area contributed by atoms with Crippen molar-refractivity contribution < 1.29 is 0 Å². The smallest absolute Gasteiger partial charge is 0.0951 e. The van der Waals surface area contributed by atoms with Crippen LogP contribution < -0.4 is 5.32 Å². The Labute approximate surface area is 110 Å². The molecular weight excluding hydrogens is 278 g/mol. The van der Waals surface area contributed by atoms with Gasteiger partial charge in [-0.3, -0.25) is 0 Å². The maximum Gasteiger partial charge on any atom is 0.0951 e. The highest BCUT2D eigenvalue weighted by molar-refractivity contribution is 9.10. The Morgan fingerprint density at radius 3 is 3.06 bits per heavy atom. The molecular formula is C13H16BrN3. The summed E-state index contributed by atoms with van der Waals surface area (Å²) in [7, 11) is 0. The molecule has 17 heavy (non-hydrogen) atoms. The molecule has 0 atom stereocenters. The van der Waals surface area contributed by atoms with Crippen LogP contribution in [0.2, 0.25) is 0 Å². The van der Waals surface area contributed by atoms with Gasteiger partial charge in [0.25, 0.3) is 0 Å². The molecule has 90 valence electrons. The fraction of sp³-hybridized carbons (Fsp3) is 0.308. The fourth-order valence-corrected chi connectivity index (χ4v) is 2.17. The number of nitrogens with one attached hydrogen (secondary N) is 1. The second-order valence-corrected chi connectivity index (χ2v) is 4.84. The predicted octanol–water partition coefficient (Wildman–Crippen LogP) is 2.80. The number of rotatable bonds is 5. The highest BCUT2D eigenvalue weighted by Gasteiger charge is 2.02. The van der Waals surface area contributed by atoms with Crippen molar-refractivity contribution in [3.8, 4) is 0 Å². The molecule has 0 aliphatic heterocycles. The first-order chi connectivity index (χ1) is 8.29. The number of halogens is 1. The third kappa shape index (κ3) is 3.41. The average Bonchev–Trinajstić information content (AvgIpc) is 2.74. The van der Waals surface area contributed by atoms with Crippen LogP contribution in [0.3, 0.4) is 0 Å². The summed E-state index contributed by atoms with van der Waals surface area (Å²) >= 11 is 3.49. The maximum absolute atomic E-state index is 4.20. The summed E-state index contributed by atoms with van der Waals surface area (Å²) in [6, 6.07) is 8.36. The fourth-order valence-electron chi connectivity index (χ4n) is 1.72. The van der Waals surface area contributed by atoms with Crippen molar-refractivity contribution in [2.75, 3.05) is 6.54 Å². The van der Waals surface area contributed by atoms with E-state index in [1.165, 1.54) is 11.3 Å². The highest BCUT2D eigenvalue weighted by atomic mass is 79.9. The van der Waals surface area contributed by atoms with Crippen molar-refractivity contribution in [2.45, 2.75) is 20.0 Å². The second kappa shape index (κ2) is 5.98. The summed E-state index contributed by atoms with van der Waals surface area (Å²) in [5.74, 6) is 0. The van der Waals surface area contributed by atoms with Crippen LogP contribution in [-0.4, -0.2) is 16.1 Å². The molecule has 2 aromatic rings. The number of hydrogen-bond acceptors (Lipinski definition) is 2. The van der Waals surface area contributed by atoms with Gasteiger partial charge in [-0.25, -0.2) is 4.98 Å². The molecule has 0 aliphatic rings. The van der Waals surface area contributed by atoms with E-state index >= 15 is 0 Å². The molecule has 4 heteroatoms. The van der Waals surface area contributed by atoms with Gasteiger partial charge in [0.15, 0.2) is 0 Å². The molecule has 0 bridgehead atoms. The first kappa shape index (κ1) is 12.3. The van der Waals surface area contributed by atoms with Crippen LogP contribution in [-0.2, 0) is 13.1 Å². The van der Waals surface area contributed by atoms with Gasteiger partial charge in [-0.15, -0.1) is 0 Å². The van der Waals surface area contributed by atoms with E-state index in [1.54, 1.807) is 0 Å². The van der Waals surface area contributed by atoms with E-state index < -0.39 is 0 Å². The Bertz CT molecular complexity index is 479. The third-order valence-electron chi connectivity index (χ3n) is 2.60. The van der Waals surface area contributed by atoms with Crippen LogP contribution in [0.1, 0.15) is 18.2 Å². The molecule has 0 amide bonds. The van der Waals surface area contributed by atoms with Crippen LogP contribution in [0.25, 0.3) is 0 Å². The molecule has 0 spiro atoms. The van der Waals surface area contributed by atoms with Gasteiger partial charge >= 0.3 is 0 Å². The molecule has 0 fully saturated rings. The molecule has 1 aromatic heterocycles. The van der Waals surface area contributed by atoms with Crippen molar-refractivity contribution in [1.29, 1.82) is 0 Å². The van der Waals surface area contributed by atoms with Gasteiger partial charge in [-0.1, -0.05) is 35.0 Å². The summed E-state index contributed by atoms with van der Waals surface area (Å²) in [5, 5.41) is 3.32. The van der Waals surface area contributed by atoms with E-state index in [-0.39, 0.29) is 0 Å². The molecule has 0 saturated carbocycles. The minimum absolute atomic E-state index is 0.861.